The topological polar surface area (TPSA) is 56.7 Å². The van der Waals surface area contributed by atoms with Crippen LogP contribution >= 0.6 is 0 Å². The number of hydrogen-bond acceptors (Lipinski definition) is 3. The molecule has 0 aromatic rings. The lowest BCUT2D eigenvalue weighted by molar-refractivity contribution is -0.126. The van der Waals surface area contributed by atoms with Crippen LogP contribution in [0.4, 0.5) is 0 Å². The van der Waals surface area contributed by atoms with Crippen molar-refractivity contribution in [3.8, 4) is 0 Å². The Kier molecular flexibility index (Phi) is 3.01. The van der Waals surface area contributed by atoms with E-state index in [0.717, 1.165) is 32.4 Å². The van der Waals surface area contributed by atoms with Gasteiger partial charge in [-0.2, -0.15) is 0 Å². The Bertz CT molecular complexity index is 381. The van der Waals surface area contributed by atoms with E-state index in [2.05, 4.69) is 27.4 Å². The fraction of sp³-hybridized carbons (Fsp3) is 0.846. The van der Waals surface area contributed by atoms with Gasteiger partial charge >= 0.3 is 0 Å². The van der Waals surface area contributed by atoms with Gasteiger partial charge in [-0.15, -0.1) is 0 Å². The van der Waals surface area contributed by atoms with Gasteiger partial charge in [0.2, 0.25) is 0 Å². The van der Waals surface area contributed by atoms with Crippen LogP contribution in [0.2, 0.25) is 0 Å². The first-order valence-electron chi connectivity index (χ1n) is 7.12. The maximum absolute atomic E-state index is 12.2. The van der Waals surface area contributed by atoms with Crippen molar-refractivity contribution in [2.45, 2.75) is 50.6 Å². The highest BCUT2D eigenvalue weighted by Crippen LogP contribution is 2.34. The molecule has 3 aliphatic rings. The van der Waals surface area contributed by atoms with Crippen LogP contribution < -0.4 is 10.6 Å². The van der Waals surface area contributed by atoms with Gasteiger partial charge in [0.25, 0.3) is 5.91 Å². The van der Waals surface area contributed by atoms with Crippen LogP contribution in [0.25, 0.3) is 0 Å². The predicted molar refractivity (Wildman–Crippen MR) is 70.4 cm³/mol. The number of amides is 1. The van der Waals surface area contributed by atoms with Crippen molar-refractivity contribution in [1.82, 2.24) is 15.5 Å². The average Bonchev–Trinajstić information content (AvgIpc) is 2.93. The molecule has 0 aromatic heterocycles. The minimum Gasteiger partial charge on any atom is -0.342 e. The molecule has 3 rings (SSSR count). The summed E-state index contributed by atoms with van der Waals surface area (Å²) in [5, 5.41) is 6.28. The quantitative estimate of drug-likeness (QED) is 0.749. The molecule has 2 unspecified atom stereocenters. The number of fused-ring (bicyclic) bond motifs is 1. The molecule has 3 aliphatic heterocycles. The number of carbonyl (C=O) groups excluding carboxylic acids is 1. The van der Waals surface area contributed by atoms with Crippen molar-refractivity contribution in [2.75, 3.05) is 19.6 Å². The Labute approximate surface area is 108 Å². The molecule has 0 bridgehead atoms. The molecule has 0 aromatic carbocycles. The van der Waals surface area contributed by atoms with E-state index >= 15 is 0 Å². The van der Waals surface area contributed by atoms with E-state index in [1.54, 1.807) is 0 Å². The zero-order valence-electron chi connectivity index (χ0n) is 11.0. The molecule has 0 aliphatic carbocycles. The Balaban J connectivity index is 1.73. The lowest BCUT2D eigenvalue weighted by Crippen LogP contribution is -2.57. The standard InChI is InChI=1S/C13H22N4O/c1-2-6-14-12-15-11(18)13(16-12)5-8-17-7-3-4-10(17)9-13/h10H,2-9H2,1H3,(H2,14,15,16,18). The maximum atomic E-state index is 12.2. The largest absolute Gasteiger partial charge is 0.342 e. The number of guanidine groups is 1. The second-order valence-corrected chi connectivity index (χ2v) is 5.68. The lowest BCUT2D eigenvalue weighted by Gasteiger charge is -2.39. The fourth-order valence-corrected chi connectivity index (χ4v) is 3.42. The monoisotopic (exact) mass is 250 g/mol. The van der Waals surface area contributed by atoms with Crippen molar-refractivity contribution in [3.05, 3.63) is 0 Å². The SMILES string of the molecule is CCCN=C1NC(=O)C2(CCN3CCCC3C2)N1. The van der Waals surface area contributed by atoms with Crippen molar-refractivity contribution < 1.29 is 4.79 Å². The first kappa shape index (κ1) is 12.0. The third kappa shape index (κ3) is 1.90. The molecular formula is C13H22N4O. The zero-order valence-corrected chi connectivity index (χ0v) is 11.0. The summed E-state index contributed by atoms with van der Waals surface area (Å²) >= 11 is 0. The predicted octanol–water partition coefficient (Wildman–Crippen LogP) is 0.469. The molecule has 100 valence electrons. The Hall–Kier alpha value is -1.10. The summed E-state index contributed by atoms with van der Waals surface area (Å²) < 4.78 is 0. The van der Waals surface area contributed by atoms with Crippen LogP contribution in [-0.2, 0) is 4.79 Å². The third-order valence-corrected chi connectivity index (χ3v) is 4.43. The highest BCUT2D eigenvalue weighted by Gasteiger charge is 2.50. The van der Waals surface area contributed by atoms with Gasteiger partial charge in [-0.1, -0.05) is 6.92 Å². The van der Waals surface area contributed by atoms with E-state index < -0.39 is 0 Å². The summed E-state index contributed by atoms with van der Waals surface area (Å²) in [7, 11) is 0. The van der Waals surface area contributed by atoms with Crippen LogP contribution in [0.3, 0.4) is 0 Å². The number of nitrogens with one attached hydrogen (secondary N) is 2. The molecular weight excluding hydrogens is 228 g/mol. The Morgan fingerprint density at radius 1 is 1.50 bits per heavy atom. The number of carbonyl (C=O) groups is 1. The number of nitrogens with zero attached hydrogens (tertiary/aromatic N) is 2. The molecule has 0 radical (unpaired) electrons. The van der Waals surface area contributed by atoms with Gasteiger partial charge in [0.15, 0.2) is 5.96 Å². The molecule has 3 saturated heterocycles. The molecule has 5 heteroatoms. The highest BCUT2D eigenvalue weighted by atomic mass is 16.2. The second-order valence-electron chi connectivity index (χ2n) is 5.68. The van der Waals surface area contributed by atoms with E-state index in [-0.39, 0.29) is 11.4 Å². The third-order valence-electron chi connectivity index (χ3n) is 4.43. The summed E-state index contributed by atoms with van der Waals surface area (Å²) in [6, 6.07) is 0.586. The number of rotatable bonds is 2. The molecule has 2 atom stereocenters. The Morgan fingerprint density at radius 3 is 3.22 bits per heavy atom. The normalized spacial score (nSPS) is 37.9. The smallest absolute Gasteiger partial charge is 0.252 e. The van der Waals surface area contributed by atoms with Gasteiger partial charge in [0.1, 0.15) is 5.54 Å². The molecule has 18 heavy (non-hydrogen) atoms. The molecule has 5 nitrogen and oxygen atoms in total. The van der Waals surface area contributed by atoms with Crippen LogP contribution in [0.1, 0.15) is 39.0 Å². The van der Waals surface area contributed by atoms with Gasteiger partial charge < -0.3 is 10.2 Å². The molecule has 2 N–H and O–H groups in total. The zero-order chi connectivity index (χ0) is 12.6. The number of aliphatic imine (C=N–C) groups is 1. The summed E-state index contributed by atoms with van der Waals surface area (Å²) in [6.07, 6.45) is 5.35. The molecule has 1 spiro atoms. The van der Waals surface area contributed by atoms with Gasteiger partial charge in [0, 0.05) is 19.1 Å². The van der Waals surface area contributed by atoms with Crippen molar-refractivity contribution in [2.24, 2.45) is 4.99 Å². The fourth-order valence-electron chi connectivity index (χ4n) is 3.42. The molecule has 3 fully saturated rings. The summed E-state index contributed by atoms with van der Waals surface area (Å²) in [4.78, 5) is 19.2. The summed E-state index contributed by atoms with van der Waals surface area (Å²) in [6.45, 7) is 5.10. The molecule has 3 heterocycles. The van der Waals surface area contributed by atoms with Gasteiger partial charge in [-0.3, -0.25) is 15.1 Å². The number of piperidine rings is 1. The molecule has 0 saturated carbocycles. The van der Waals surface area contributed by atoms with E-state index in [9.17, 15) is 4.79 Å². The minimum absolute atomic E-state index is 0.129. The van der Waals surface area contributed by atoms with Crippen LogP contribution in [0, 0.1) is 0 Å². The first-order chi connectivity index (χ1) is 8.73. The minimum atomic E-state index is -0.377. The van der Waals surface area contributed by atoms with Crippen LogP contribution in [0.5, 0.6) is 0 Å². The first-order valence-corrected chi connectivity index (χ1v) is 7.12. The van der Waals surface area contributed by atoms with E-state index in [1.165, 1.54) is 19.4 Å². The Morgan fingerprint density at radius 2 is 2.39 bits per heavy atom. The molecule has 1 amide bonds. The van der Waals surface area contributed by atoms with Gasteiger partial charge in [-0.05, 0) is 38.6 Å². The maximum Gasteiger partial charge on any atom is 0.252 e. The average molecular weight is 250 g/mol. The van der Waals surface area contributed by atoms with Crippen molar-refractivity contribution in [1.29, 1.82) is 0 Å². The summed E-state index contributed by atoms with van der Waals surface area (Å²) in [5.74, 6) is 0.817. The second kappa shape index (κ2) is 4.53. The van der Waals surface area contributed by atoms with E-state index in [0.29, 0.717) is 12.0 Å². The van der Waals surface area contributed by atoms with Crippen molar-refractivity contribution in [3.63, 3.8) is 0 Å². The van der Waals surface area contributed by atoms with E-state index in [4.69, 9.17) is 0 Å². The van der Waals surface area contributed by atoms with Gasteiger partial charge in [0.05, 0.1) is 0 Å². The van der Waals surface area contributed by atoms with Gasteiger partial charge in [-0.25, -0.2) is 0 Å². The number of hydrogen-bond donors (Lipinski definition) is 2. The van der Waals surface area contributed by atoms with Crippen molar-refractivity contribution >= 4 is 11.9 Å². The summed E-state index contributed by atoms with van der Waals surface area (Å²) in [5.41, 5.74) is -0.377. The lowest BCUT2D eigenvalue weighted by atomic mass is 9.83. The van der Waals surface area contributed by atoms with Crippen LogP contribution in [0.15, 0.2) is 4.99 Å². The van der Waals surface area contributed by atoms with E-state index in [1.807, 2.05) is 0 Å². The highest BCUT2D eigenvalue weighted by molar-refractivity contribution is 6.09. The van der Waals surface area contributed by atoms with Crippen LogP contribution in [-0.4, -0.2) is 48.0 Å².